The van der Waals surface area contributed by atoms with Gasteiger partial charge in [0.2, 0.25) is 0 Å². The second-order valence-corrected chi connectivity index (χ2v) is 9.90. The van der Waals surface area contributed by atoms with Crippen molar-refractivity contribution in [3.05, 3.63) is 70.1 Å². The van der Waals surface area contributed by atoms with E-state index < -0.39 is 5.82 Å². The van der Waals surface area contributed by atoms with Crippen molar-refractivity contribution >= 4 is 22.6 Å². The van der Waals surface area contributed by atoms with Crippen LogP contribution in [0.3, 0.4) is 0 Å². The highest BCUT2D eigenvalue weighted by Crippen LogP contribution is 2.38. The summed E-state index contributed by atoms with van der Waals surface area (Å²) in [5, 5.41) is 5.62. The van der Waals surface area contributed by atoms with Crippen LogP contribution >= 0.6 is 11.6 Å². The lowest BCUT2D eigenvalue weighted by molar-refractivity contribution is 0.0621. The van der Waals surface area contributed by atoms with Crippen LogP contribution in [-0.4, -0.2) is 37.9 Å². The Kier molecular flexibility index (Phi) is 5.34. The predicted octanol–water partition coefficient (Wildman–Crippen LogP) is 5.92. The van der Waals surface area contributed by atoms with Crippen molar-refractivity contribution in [2.45, 2.75) is 51.0 Å². The SMILES string of the molecule is Cc1cc2c(-c3ccc(Cl)cc3F)nc([C@@H]3COC[C@@H](c4cnn(C5CC5)c4)C3)nc2nc1C. The van der Waals surface area contributed by atoms with Gasteiger partial charge in [-0.3, -0.25) is 4.68 Å². The minimum atomic E-state index is -0.415. The van der Waals surface area contributed by atoms with Gasteiger partial charge in [-0.25, -0.2) is 19.3 Å². The molecule has 8 heteroatoms. The maximum Gasteiger partial charge on any atom is 0.163 e. The summed E-state index contributed by atoms with van der Waals surface area (Å²) in [5.74, 6) is 0.410. The third-order valence-corrected chi connectivity index (χ3v) is 7.16. The first-order valence-corrected chi connectivity index (χ1v) is 12.1. The van der Waals surface area contributed by atoms with E-state index in [2.05, 4.69) is 16.0 Å². The van der Waals surface area contributed by atoms with E-state index in [4.69, 9.17) is 31.3 Å². The molecule has 2 aliphatic rings. The number of nitrogens with zero attached hydrogens (tertiary/aromatic N) is 5. The molecule has 1 aromatic carbocycles. The third-order valence-electron chi connectivity index (χ3n) is 6.92. The van der Waals surface area contributed by atoms with Gasteiger partial charge >= 0.3 is 0 Å². The second kappa shape index (κ2) is 8.40. The van der Waals surface area contributed by atoms with Gasteiger partial charge in [0, 0.05) is 39.7 Å². The Morgan fingerprint density at radius 3 is 2.68 bits per heavy atom. The summed E-state index contributed by atoms with van der Waals surface area (Å²) in [6.45, 7) is 5.11. The van der Waals surface area contributed by atoms with Crippen molar-refractivity contribution in [2.24, 2.45) is 0 Å². The highest BCUT2D eigenvalue weighted by Gasteiger charge is 2.31. The van der Waals surface area contributed by atoms with E-state index in [1.165, 1.54) is 24.5 Å². The lowest BCUT2D eigenvalue weighted by Gasteiger charge is -2.28. The first kappa shape index (κ1) is 21.6. The fourth-order valence-electron chi connectivity index (χ4n) is 4.68. The average Bonchev–Trinajstić information content (AvgIpc) is 3.56. The van der Waals surface area contributed by atoms with Gasteiger partial charge in [0.15, 0.2) is 5.65 Å². The van der Waals surface area contributed by atoms with E-state index in [9.17, 15) is 4.39 Å². The lowest BCUT2D eigenvalue weighted by atomic mass is 9.88. The Hall–Kier alpha value is -2.90. The van der Waals surface area contributed by atoms with Crippen LogP contribution in [0.1, 0.15) is 59.8 Å². The Balaban J connectivity index is 1.41. The zero-order valence-corrected chi connectivity index (χ0v) is 19.9. The summed E-state index contributed by atoms with van der Waals surface area (Å²) in [7, 11) is 0. The van der Waals surface area contributed by atoms with Crippen molar-refractivity contribution < 1.29 is 9.13 Å². The number of fused-ring (bicyclic) bond motifs is 1. The van der Waals surface area contributed by atoms with Crippen molar-refractivity contribution in [1.82, 2.24) is 24.7 Å². The summed E-state index contributed by atoms with van der Waals surface area (Å²) < 4.78 is 23.0. The molecule has 2 fully saturated rings. The number of ether oxygens (including phenoxy) is 1. The van der Waals surface area contributed by atoms with Crippen LogP contribution < -0.4 is 0 Å². The van der Waals surface area contributed by atoms with Gasteiger partial charge in [0.25, 0.3) is 0 Å². The molecule has 0 N–H and O–H groups in total. The van der Waals surface area contributed by atoms with Gasteiger partial charge in [-0.2, -0.15) is 5.10 Å². The Morgan fingerprint density at radius 2 is 1.88 bits per heavy atom. The number of pyridine rings is 1. The predicted molar refractivity (Wildman–Crippen MR) is 129 cm³/mol. The molecule has 1 aliphatic heterocycles. The minimum absolute atomic E-state index is 0.0232. The molecule has 1 saturated heterocycles. The number of benzene rings is 1. The topological polar surface area (TPSA) is 65.7 Å². The van der Waals surface area contributed by atoms with Gasteiger partial charge in [-0.1, -0.05) is 11.6 Å². The maximum absolute atomic E-state index is 15.0. The van der Waals surface area contributed by atoms with E-state index in [-0.39, 0.29) is 11.8 Å². The van der Waals surface area contributed by atoms with Gasteiger partial charge in [-0.05, 0) is 68.5 Å². The molecule has 3 aromatic heterocycles. The van der Waals surface area contributed by atoms with Crippen LogP contribution in [0.4, 0.5) is 4.39 Å². The molecule has 0 unspecified atom stereocenters. The molecule has 4 heterocycles. The standard InChI is InChI=1S/C26H25ClFN5O/c1-14-7-22-24(21-6-3-19(27)9-23(21)28)31-25(32-26(22)30-15(14)2)17-8-16(12-34-13-17)18-10-29-33(11-18)20-4-5-20/h3,6-7,9-11,16-17,20H,4-5,8,12-13H2,1-2H3/t16-,17-/m0/s1. The highest BCUT2D eigenvalue weighted by atomic mass is 35.5. The van der Waals surface area contributed by atoms with E-state index in [1.54, 1.807) is 12.1 Å². The molecule has 1 aliphatic carbocycles. The molecule has 0 radical (unpaired) electrons. The largest absolute Gasteiger partial charge is 0.380 e. The first-order valence-electron chi connectivity index (χ1n) is 11.7. The minimum Gasteiger partial charge on any atom is -0.380 e. The van der Waals surface area contributed by atoms with Crippen LogP contribution in [0.5, 0.6) is 0 Å². The Morgan fingerprint density at radius 1 is 1.06 bits per heavy atom. The number of aryl methyl sites for hydroxylation is 2. The number of aromatic nitrogens is 5. The normalized spacial score (nSPS) is 20.7. The molecule has 6 nitrogen and oxygen atoms in total. The van der Waals surface area contributed by atoms with Crippen molar-refractivity contribution in [1.29, 1.82) is 0 Å². The zero-order valence-electron chi connectivity index (χ0n) is 19.1. The molecule has 2 atom stereocenters. The average molecular weight is 478 g/mol. The fourth-order valence-corrected chi connectivity index (χ4v) is 4.84. The number of rotatable bonds is 4. The second-order valence-electron chi connectivity index (χ2n) is 9.47. The molecular weight excluding hydrogens is 453 g/mol. The molecule has 174 valence electrons. The molecular formula is C26H25ClFN5O. The molecule has 0 amide bonds. The molecule has 34 heavy (non-hydrogen) atoms. The van der Waals surface area contributed by atoms with Gasteiger partial charge < -0.3 is 4.74 Å². The summed E-state index contributed by atoms with van der Waals surface area (Å²) in [6.07, 6.45) is 7.35. The van der Waals surface area contributed by atoms with E-state index in [0.717, 1.165) is 23.1 Å². The summed E-state index contributed by atoms with van der Waals surface area (Å²) in [4.78, 5) is 14.4. The highest BCUT2D eigenvalue weighted by molar-refractivity contribution is 6.30. The van der Waals surface area contributed by atoms with Crippen LogP contribution in [0.15, 0.2) is 36.7 Å². The van der Waals surface area contributed by atoms with Crippen LogP contribution in [0, 0.1) is 19.7 Å². The summed E-state index contributed by atoms with van der Waals surface area (Å²) in [5.41, 5.74) is 4.58. The molecule has 1 saturated carbocycles. The quantitative estimate of drug-likeness (QED) is 0.365. The van der Waals surface area contributed by atoms with Crippen LogP contribution in [0.2, 0.25) is 5.02 Å². The summed E-state index contributed by atoms with van der Waals surface area (Å²) >= 11 is 6.01. The van der Waals surface area contributed by atoms with Crippen molar-refractivity contribution in [3.8, 4) is 11.3 Å². The Bertz CT molecular complexity index is 1400. The monoisotopic (exact) mass is 477 g/mol. The lowest BCUT2D eigenvalue weighted by Crippen LogP contribution is -2.24. The van der Waals surface area contributed by atoms with Gasteiger partial charge in [0.1, 0.15) is 11.6 Å². The zero-order chi connectivity index (χ0) is 23.4. The molecule has 0 spiro atoms. The van der Waals surface area contributed by atoms with E-state index in [0.29, 0.717) is 47.0 Å². The number of halogens is 2. The fraction of sp³-hybridized carbons (Fsp3) is 0.385. The first-order chi connectivity index (χ1) is 16.5. The van der Waals surface area contributed by atoms with Gasteiger partial charge in [0.05, 0.1) is 31.1 Å². The maximum atomic E-state index is 15.0. The third kappa shape index (κ3) is 3.97. The molecule has 6 rings (SSSR count). The molecule has 0 bridgehead atoms. The Labute approximate surface area is 202 Å². The van der Waals surface area contributed by atoms with Crippen LogP contribution in [0.25, 0.3) is 22.3 Å². The number of hydrogen-bond acceptors (Lipinski definition) is 5. The smallest absolute Gasteiger partial charge is 0.163 e. The summed E-state index contributed by atoms with van der Waals surface area (Å²) in [6, 6.07) is 7.20. The van der Waals surface area contributed by atoms with Crippen molar-refractivity contribution in [3.63, 3.8) is 0 Å². The van der Waals surface area contributed by atoms with Crippen molar-refractivity contribution in [2.75, 3.05) is 13.2 Å². The van der Waals surface area contributed by atoms with Gasteiger partial charge in [-0.15, -0.1) is 0 Å². The van der Waals surface area contributed by atoms with Crippen LogP contribution in [-0.2, 0) is 4.74 Å². The number of hydrogen-bond donors (Lipinski definition) is 0. The van der Waals surface area contributed by atoms with E-state index in [1.807, 2.05) is 26.1 Å². The van der Waals surface area contributed by atoms with E-state index >= 15 is 0 Å². The molecule has 4 aromatic rings.